The standard InChI is InChI=1S/C14H10IN3O2/c1-17(11-4-2-10(9-16)3-5-11)14-7-6-12(18(19)20)8-13(14)15/h2-8H,1H3. The van der Waals surface area contributed by atoms with E-state index in [1.165, 1.54) is 12.1 Å². The van der Waals surface area contributed by atoms with Gasteiger partial charge in [-0.15, -0.1) is 0 Å². The average molecular weight is 379 g/mol. The molecule has 5 nitrogen and oxygen atoms in total. The number of benzene rings is 2. The first-order valence-corrected chi connectivity index (χ1v) is 6.78. The molecule has 0 aromatic heterocycles. The fourth-order valence-electron chi connectivity index (χ4n) is 1.78. The van der Waals surface area contributed by atoms with Crippen LogP contribution in [0.5, 0.6) is 0 Å². The molecule has 0 aliphatic rings. The number of halogens is 1. The summed E-state index contributed by atoms with van der Waals surface area (Å²) in [4.78, 5) is 12.2. The van der Waals surface area contributed by atoms with Crippen molar-refractivity contribution < 1.29 is 4.92 Å². The topological polar surface area (TPSA) is 70.2 Å². The van der Waals surface area contributed by atoms with E-state index in [-0.39, 0.29) is 5.69 Å². The maximum absolute atomic E-state index is 10.7. The number of nitro benzene ring substituents is 1. The van der Waals surface area contributed by atoms with Crippen LogP contribution in [-0.2, 0) is 0 Å². The van der Waals surface area contributed by atoms with Gasteiger partial charge in [0.1, 0.15) is 0 Å². The normalized spacial score (nSPS) is 9.85. The van der Waals surface area contributed by atoms with E-state index in [0.717, 1.165) is 14.9 Å². The first kappa shape index (κ1) is 14.3. The van der Waals surface area contributed by atoms with E-state index in [0.29, 0.717) is 5.56 Å². The van der Waals surface area contributed by atoms with Crippen LogP contribution in [0.2, 0.25) is 0 Å². The van der Waals surface area contributed by atoms with E-state index < -0.39 is 4.92 Å². The number of nitro groups is 1. The van der Waals surface area contributed by atoms with Gasteiger partial charge in [0.25, 0.3) is 5.69 Å². The summed E-state index contributed by atoms with van der Waals surface area (Å²) in [5.41, 5.74) is 2.46. The van der Waals surface area contributed by atoms with Crippen LogP contribution in [0.1, 0.15) is 5.56 Å². The van der Waals surface area contributed by atoms with Gasteiger partial charge >= 0.3 is 0 Å². The lowest BCUT2D eigenvalue weighted by atomic mass is 10.2. The molecule has 2 aromatic rings. The number of nitrogens with zero attached hydrogens (tertiary/aromatic N) is 3. The fourth-order valence-corrected chi connectivity index (χ4v) is 2.64. The monoisotopic (exact) mass is 379 g/mol. The zero-order valence-corrected chi connectivity index (χ0v) is 12.7. The summed E-state index contributed by atoms with van der Waals surface area (Å²) < 4.78 is 0.795. The van der Waals surface area contributed by atoms with Crippen LogP contribution in [-0.4, -0.2) is 12.0 Å². The van der Waals surface area contributed by atoms with Crippen LogP contribution in [0.25, 0.3) is 0 Å². The number of hydrogen-bond donors (Lipinski definition) is 0. The van der Waals surface area contributed by atoms with Crippen LogP contribution < -0.4 is 4.90 Å². The molecule has 2 aromatic carbocycles. The van der Waals surface area contributed by atoms with Crippen molar-refractivity contribution in [1.82, 2.24) is 0 Å². The predicted octanol–water partition coefficient (Wildman–Crippen LogP) is 3.84. The van der Waals surface area contributed by atoms with Gasteiger partial charge in [-0.05, 0) is 52.9 Å². The molecular weight excluding hydrogens is 369 g/mol. The number of anilines is 2. The van der Waals surface area contributed by atoms with Crippen molar-refractivity contribution in [2.75, 3.05) is 11.9 Å². The minimum atomic E-state index is -0.409. The van der Waals surface area contributed by atoms with Crippen LogP contribution in [0.3, 0.4) is 0 Å². The molecule has 2 rings (SSSR count). The lowest BCUT2D eigenvalue weighted by Crippen LogP contribution is -2.11. The highest BCUT2D eigenvalue weighted by Crippen LogP contribution is 2.30. The number of non-ortho nitro benzene ring substituents is 1. The Kier molecular flexibility index (Phi) is 4.20. The minimum absolute atomic E-state index is 0.0754. The van der Waals surface area contributed by atoms with E-state index in [1.54, 1.807) is 18.2 Å². The Balaban J connectivity index is 2.35. The van der Waals surface area contributed by atoms with Gasteiger partial charge in [-0.1, -0.05) is 0 Å². The second-order valence-electron chi connectivity index (χ2n) is 4.11. The van der Waals surface area contributed by atoms with Crippen molar-refractivity contribution in [3.63, 3.8) is 0 Å². The minimum Gasteiger partial charge on any atom is -0.344 e. The van der Waals surface area contributed by atoms with Crippen LogP contribution in [0.15, 0.2) is 42.5 Å². The summed E-state index contributed by atoms with van der Waals surface area (Å²) in [6.45, 7) is 0. The zero-order valence-electron chi connectivity index (χ0n) is 10.6. The van der Waals surface area contributed by atoms with Crippen molar-refractivity contribution >= 4 is 39.7 Å². The van der Waals surface area contributed by atoms with Crippen LogP contribution >= 0.6 is 22.6 Å². The van der Waals surface area contributed by atoms with E-state index in [4.69, 9.17) is 5.26 Å². The maximum Gasteiger partial charge on any atom is 0.270 e. The van der Waals surface area contributed by atoms with Crippen molar-refractivity contribution in [3.8, 4) is 6.07 Å². The third-order valence-electron chi connectivity index (χ3n) is 2.89. The molecule has 100 valence electrons. The molecule has 0 saturated carbocycles. The SMILES string of the molecule is CN(c1ccc(C#N)cc1)c1ccc([N+](=O)[O-])cc1I. The molecular formula is C14H10IN3O2. The average Bonchev–Trinajstić information content (AvgIpc) is 2.46. The number of rotatable bonds is 3. The first-order valence-electron chi connectivity index (χ1n) is 5.71. The highest BCUT2D eigenvalue weighted by atomic mass is 127. The van der Waals surface area contributed by atoms with Gasteiger partial charge in [-0.25, -0.2) is 0 Å². The molecule has 0 unspecified atom stereocenters. The molecule has 0 heterocycles. The van der Waals surface area contributed by atoms with Gasteiger partial charge < -0.3 is 4.90 Å². The predicted molar refractivity (Wildman–Crippen MR) is 85.0 cm³/mol. The lowest BCUT2D eigenvalue weighted by Gasteiger charge is -2.20. The third kappa shape index (κ3) is 2.88. The molecule has 0 saturated heterocycles. The van der Waals surface area contributed by atoms with E-state index in [1.807, 2.05) is 24.1 Å². The molecule has 0 aliphatic carbocycles. The van der Waals surface area contributed by atoms with Crippen LogP contribution in [0.4, 0.5) is 17.1 Å². The highest BCUT2D eigenvalue weighted by molar-refractivity contribution is 14.1. The Labute approximate surface area is 129 Å². The zero-order chi connectivity index (χ0) is 14.7. The van der Waals surface area contributed by atoms with Gasteiger partial charge in [0.05, 0.1) is 22.2 Å². The molecule has 0 atom stereocenters. The van der Waals surface area contributed by atoms with Gasteiger partial charge in [-0.2, -0.15) is 5.26 Å². The van der Waals surface area contributed by atoms with Crippen molar-refractivity contribution in [2.24, 2.45) is 0 Å². The fraction of sp³-hybridized carbons (Fsp3) is 0.0714. The van der Waals surface area contributed by atoms with Gasteiger partial charge in [-0.3, -0.25) is 10.1 Å². The third-order valence-corrected chi connectivity index (χ3v) is 3.75. The first-order chi connectivity index (χ1) is 9.52. The molecule has 0 aliphatic heterocycles. The van der Waals surface area contributed by atoms with Gasteiger partial charge in [0, 0.05) is 28.4 Å². The number of nitriles is 1. The lowest BCUT2D eigenvalue weighted by molar-refractivity contribution is -0.384. The second kappa shape index (κ2) is 5.88. The molecule has 0 spiro atoms. The van der Waals surface area contributed by atoms with Crippen molar-refractivity contribution in [2.45, 2.75) is 0 Å². The quantitative estimate of drug-likeness (QED) is 0.462. The smallest absolute Gasteiger partial charge is 0.270 e. The van der Waals surface area contributed by atoms with Crippen LogP contribution in [0, 0.1) is 25.0 Å². The maximum atomic E-state index is 10.7. The Morgan fingerprint density at radius 1 is 1.25 bits per heavy atom. The Hall–Kier alpha value is -2.14. The molecule has 20 heavy (non-hydrogen) atoms. The summed E-state index contributed by atoms with van der Waals surface area (Å²) in [6, 6.07) is 14.0. The van der Waals surface area contributed by atoms with Gasteiger partial charge in [0.15, 0.2) is 0 Å². The van der Waals surface area contributed by atoms with E-state index in [2.05, 4.69) is 28.7 Å². The molecule has 0 amide bonds. The van der Waals surface area contributed by atoms with Crippen molar-refractivity contribution in [1.29, 1.82) is 5.26 Å². The second-order valence-corrected chi connectivity index (χ2v) is 5.27. The summed E-state index contributed by atoms with van der Waals surface area (Å²) in [7, 11) is 1.88. The Morgan fingerprint density at radius 2 is 1.90 bits per heavy atom. The molecule has 0 N–H and O–H groups in total. The van der Waals surface area contributed by atoms with Crippen molar-refractivity contribution in [3.05, 3.63) is 61.7 Å². The summed E-state index contributed by atoms with van der Waals surface area (Å²) in [5, 5.41) is 19.5. The molecule has 0 fully saturated rings. The Morgan fingerprint density at radius 3 is 2.40 bits per heavy atom. The Bertz CT molecular complexity index is 693. The summed E-state index contributed by atoms with van der Waals surface area (Å²) in [5.74, 6) is 0. The highest BCUT2D eigenvalue weighted by Gasteiger charge is 2.12. The summed E-state index contributed by atoms with van der Waals surface area (Å²) >= 11 is 2.08. The van der Waals surface area contributed by atoms with E-state index in [9.17, 15) is 10.1 Å². The molecule has 0 radical (unpaired) electrons. The van der Waals surface area contributed by atoms with E-state index >= 15 is 0 Å². The summed E-state index contributed by atoms with van der Waals surface area (Å²) in [6.07, 6.45) is 0. The largest absolute Gasteiger partial charge is 0.344 e. The number of hydrogen-bond acceptors (Lipinski definition) is 4. The molecule has 0 bridgehead atoms. The van der Waals surface area contributed by atoms with Gasteiger partial charge in [0.2, 0.25) is 0 Å². The molecule has 6 heteroatoms.